The minimum absolute atomic E-state index is 0.160. The number of ether oxygens (including phenoxy) is 2. The molecule has 9 nitrogen and oxygen atoms in total. The lowest BCUT2D eigenvalue weighted by atomic mass is 9.80. The normalized spacial score (nSPS) is 23.4. The molecule has 1 saturated heterocycles. The van der Waals surface area contributed by atoms with Crippen LogP contribution in [0.5, 0.6) is 11.5 Å². The number of amides is 2. The quantitative estimate of drug-likeness (QED) is 0.389. The van der Waals surface area contributed by atoms with Gasteiger partial charge in [0, 0.05) is 29.7 Å². The van der Waals surface area contributed by atoms with Gasteiger partial charge in [0.1, 0.15) is 0 Å². The monoisotopic (exact) mass is 603 g/mol. The van der Waals surface area contributed by atoms with Crippen molar-refractivity contribution < 1.29 is 14.3 Å². The first-order valence-corrected chi connectivity index (χ1v) is 13.8. The van der Waals surface area contributed by atoms with E-state index in [9.17, 15) is 9.59 Å². The van der Waals surface area contributed by atoms with Crippen molar-refractivity contribution in [2.24, 2.45) is 4.99 Å². The molecule has 2 atom stereocenters. The van der Waals surface area contributed by atoms with Crippen molar-refractivity contribution in [3.8, 4) is 11.5 Å². The first-order valence-electron chi connectivity index (χ1n) is 12.2. The zero-order chi connectivity index (χ0) is 26.9. The molecule has 2 unspecified atom stereocenters. The van der Waals surface area contributed by atoms with Crippen LogP contribution in [0.25, 0.3) is 6.08 Å². The number of aromatic nitrogens is 1. The van der Waals surface area contributed by atoms with Crippen molar-refractivity contribution in [1.82, 2.24) is 14.5 Å². The van der Waals surface area contributed by atoms with E-state index in [2.05, 4.69) is 21.4 Å². The maximum Gasteiger partial charge on any atom is 0.324 e. The first kappa shape index (κ1) is 24.0. The number of likely N-dealkylation sites (N-methyl/N-ethyl adjacent to an activating group) is 2. The molecule has 0 radical (unpaired) electrons. The summed E-state index contributed by atoms with van der Waals surface area (Å²) in [5.41, 5.74) is 3.19. The minimum Gasteiger partial charge on any atom is -0.454 e. The summed E-state index contributed by atoms with van der Waals surface area (Å²) in [5, 5.41) is 0. The van der Waals surface area contributed by atoms with Crippen molar-refractivity contribution >= 4 is 39.4 Å². The van der Waals surface area contributed by atoms with Gasteiger partial charge in [-0.05, 0) is 23.8 Å². The molecule has 1 fully saturated rings. The van der Waals surface area contributed by atoms with Crippen LogP contribution in [0.4, 0.5) is 4.79 Å². The average molecular weight is 604 g/mol. The van der Waals surface area contributed by atoms with Crippen LogP contribution in [-0.2, 0) is 11.3 Å². The smallest absolute Gasteiger partial charge is 0.324 e. The van der Waals surface area contributed by atoms with E-state index < -0.39 is 11.3 Å². The van der Waals surface area contributed by atoms with Crippen LogP contribution < -0.4 is 29.8 Å². The molecule has 2 amide bonds. The number of nitrogens with zero attached hydrogens (tertiary/aromatic N) is 4. The number of carbonyl (C=O) groups is 1. The van der Waals surface area contributed by atoms with Crippen molar-refractivity contribution in [2.75, 3.05) is 26.3 Å². The maximum absolute atomic E-state index is 13.9. The third-order valence-corrected chi connectivity index (χ3v) is 9.21. The van der Waals surface area contributed by atoms with E-state index in [-0.39, 0.29) is 18.4 Å². The number of urea groups is 1. The van der Waals surface area contributed by atoms with Gasteiger partial charge in [-0.15, -0.1) is 0 Å². The predicted molar refractivity (Wildman–Crippen MR) is 150 cm³/mol. The summed E-state index contributed by atoms with van der Waals surface area (Å²) in [6, 6.07) is 22.8. The Hall–Kier alpha value is -4.09. The third-order valence-electron chi connectivity index (χ3n) is 7.55. The van der Waals surface area contributed by atoms with E-state index >= 15 is 0 Å². The fraction of sp³-hybridized carbons (Fsp3) is 0.179. The molecule has 0 aliphatic carbocycles. The Morgan fingerprint density at radius 2 is 1.59 bits per heavy atom. The second kappa shape index (κ2) is 8.45. The highest BCUT2D eigenvalue weighted by Crippen LogP contribution is 2.53. The molecule has 4 heterocycles. The molecule has 3 aromatic carbocycles. The van der Waals surface area contributed by atoms with Crippen molar-refractivity contribution in [3.05, 3.63) is 114 Å². The summed E-state index contributed by atoms with van der Waals surface area (Å²) < 4.78 is 13.7. The summed E-state index contributed by atoms with van der Waals surface area (Å²) in [4.78, 5) is 36.5. The van der Waals surface area contributed by atoms with Crippen LogP contribution in [0.3, 0.4) is 0 Å². The van der Waals surface area contributed by atoms with E-state index in [1.165, 1.54) is 16.0 Å². The second-order valence-corrected chi connectivity index (χ2v) is 11.4. The molecule has 4 aromatic rings. The fourth-order valence-corrected chi connectivity index (χ4v) is 7.10. The summed E-state index contributed by atoms with van der Waals surface area (Å²) >= 11 is 4.84. The molecule has 196 valence electrons. The van der Waals surface area contributed by atoms with Gasteiger partial charge in [0.2, 0.25) is 22.9 Å². The van der Waals surface area contributed by atoms with Gasteiger partial charge in [-0.2, -0.15) is 4.68 Å². The van der Waals surface area contributed by atoms with Crippen LogP contribution in [0.2, 0.25) is 0 Å². The maximum atomic E-state index is 13.9. The third kappa shape index (κ3) is 3.14. The Bertz CT molecular complexity index is 1830. The van der Waals surface area contributed by atoms with Crippen LogP contribution >= 0.6 is 27.3 Å². The summed E-state index contributed by atoms with van der Waals surface area (Å²) in [6.45, 7) is 0.160. The van der Waals surface area contributed by atoms with Gasteiger partial charge in [0.05, 0.1) is 4.53 Å². The molecular weight excluding hydrogens is 582 g/mol. The Labute approximate surface area is 235 Å². The number of hydrogen-bond donors (Lipinski definition) is 1. The van der Waals surface area contributed by atoms with E-state index in [0.29, 0.717) is 20.8 Å². The van der Waals surface area contributed by atoms with Gasteiger partial charge in [-0.3, -0.25) is 20.0 Å². The van der Waals surface area contributed by atoms with Crippen LogP contribution in [0, 0.1) is 0 Å². The zero-order valence-corrected chi connectivity index (χ0v) is 23.3. The topological polar surface area (TPSA) is 88.4 Å². The lowest BCUT2D eigenvalue weighted by Gasteiger charge is -2.49. The summed E-state index contributed by atoms with van der Waals surface area (Å²) in [5.74, 6) is 1.27. The lowest BCUT2D eigenvalue weighted by Crippen LogP contribution is -2.67. The molecule has 3 aliphatic rings. The zero-order valence-electron chi connectivity index (χ0n) is 20.9. The Balaban J connectivity index is 1.53. The number of carbonyl (C=O) groups excluding carboxylic acids is 1. The predicted octanol–water partition coefficient (Wildman–Crippen LogP) is 3.11. The molecule has 7 rings (SSSR count). The van der Waals surface area contributed by atoms with Gasteiger partial charge in [0.15, 0.2) is 11.5 Å². The van der Waals surface area contributed by atoms with E-state index in [4.69, 9.17) is 14.5 Å². The first-order chi connectivity index (χ1) is 18.9. The van der Waals surface area contributed by atoms with Crippen molar-refractivity contribution in [1.29, 1.82) is 0 Å². The number of benzene rings is 3. The average Bonchev–Trinajstić information content (AvgIpc) is 3.58. The molecule has 1 aromatic heterocycles. The van der Waals surface area contributed by atoms with Gasteiger partial charge in [-0.25, -0.2) is 9.79 Å². The van der Waals surface area contributed by atoms with Gasteiger partial charge >= 0.3 is 6.03 Å². The van der Waals surface area contributed by atoms with Gasteiger partial charge in [0.25, 0.3) is 5.56 Å². The molecule has 0 saturated carbocycles. The molecule has 39 heavy (non-hydrogen) atoms. The molecule has 0 bridgehead atoms. The Kier molecular flexibility index (Phi) is 5.20. The number of halogens is 1. The number of nitrogens with one attached hydrogen (secondary N) is 1. The number of rotatable bonds is 3. The number of thiazole rings is 1. The molecule has 3 aliphatic heterocycles. The summed E-state index contributed by atoms with van der Waals surface area (Å²) in [6.07, 6.45) is 1.81. The van der Waals surface area contributed by atoms with Crippen LogP contribution in [-0.4, -0.2) is 41.4 Å². The standard InChI is InChI=1S/C28H22BrN5O4S/c1-32-26(36)33(2)28(19-11-7-4-8-12-19)27(32,18-9-5-3-6-10-18)30-25-34(31-28)24(35)23(39-25)14-17-13-21-22(15-20(17)29)38-16-37-21/h3-15,31H,16H2,1-2H3. The largest absolute Gasteiger partial charge is 0.454 e. The van der Waals surface area contributed by atoms with E-state index in [1.54, 1.807) is 30.0 Å². The second-order valence-electron chi connectivity index (χ2n) is 9.50. The Morgan fingerprint density at radius 1 is 0.949 bits per heavy atom. The molecule has 11 heteroatoms. The van der Waals surface area contributed by atoms with Crippen LogP contribution in [0.1, 0.15) is 16.7 Å². The minimum atomic E-state index is -1.21. The molecular formula is C28H22BrN5O4S. The Morgan fingerprint density at radius 3 is 2.28 bits per heavy atom. The SMILES string of the molecule is CN1C(=O)N(C)C2(c3ccccc3)Nn3c(sc(=Cc4cc5c(cc4Br)OCO5)c3=O)=NC12c1ccccc1. The number of hydrogen-bond acceptors (Lipinski definition) is 7. The summed E-state index contributed by atoms with van der Waals surface area (Å²) in [7, 11) is 3.48. The van der Waals surface area contributed by atoms with Crippen LogP contribution in [0.15, 0.2) is 87.1 Å². The van der Waals surface area contributed by atoms with E-state index in [0.717, 1.165) is 21.2 Å². The highest BCUT2D eigenvalue weighted by molar-refractivity contribution is 9.10. The lowest BCUT2D eigenvalue weighted by molar-refractivity contribution is 0.0648. The van der Waals surface area contributed by atoms with Gasteiger partial charge < -0.3 is 9.47 Å². The molecule has 1 N–H and O–H groups in total. The fourth-order valence-electron chi connectivity index (χ4n) is 5.70. The number of fused-ring (bicyclic) bond motifs is 3. The highest BCUT2D eigenvalue weighted by atomic mass is 79.9. The highest BCUT2D eigenvalue weighted by Gasteiger charge is 2.69. The van der Waals surface area contributed by atoms with E-state index in [1.807, 2.05) is 72.8 Å². The van der Waals surface area contributed by atoms with Crippen molar-refractivity contribution in [2.45, 2.75) is 11.3 Å². The van der Waals surface area contributed by atoms with Crippen molar-refractivity contribution in [3.63, 3.8) is 0 Å². The molecule has 0 spiro atoms. The van der Waals surface area contributed by atoms with Gasteiger partial charge in [-0.1, -0.05) is 87.9 Å².